The Morgan fingerprint density at radius 2 is 2.07 bits per heavy atom. The zero-order chi connectivity index (χ0) is 18.9. The zero-order valence-corrected chi connectivity index (χ0v) is 19.7. The van der Waals surface area contributed by atoms with Gasteiger partial charge in [-0.3, -0.25) is 9.67 Å². The van der Waals surface area contributed by atoms with Gasteiger partial charge in [0.05, 0.1) is 11.8 Å². The number of hydrogen-bond acceptors (Lipinski definition) is 4. The van der Waals surface area contributed by atoms with Crippen molar-refractivity contribution in [2.75, 3.05) is 33.4 Å². The molecular weight excluding hydrogens is 457 g/mol. The van der Waals surface area contributed by atoms with Gasteiger partial charge in [-0.15, -0.1) is 24.0 Å². The third kappa shape index (κ3) is 7.95. The van der Waals surface area contributed by atoms with Gasteiger partial charge in [-0.1, -0.05) is 0 Å². The second kappa shape index (κ2) is 12.6. The van der Waals surface area contributed by atoms with E-state index in [-0.39, 0.29) is 30.0 Å². The summed E-state index contributed by atoms with van der Waals surface area (Å²) in [5.41, 5.74) is 3.64. The molecule has 1 aromatic heterocycles. The van der Waals surface area contributed by atoms with Crippen LogP contribution in [0.2, 0.25) is 0 Å². The Labute approximate surface area is 180 Å². The summed E-state index contributed by atoms with van der Waals surface area (Å²) in [6.45, 7) is 9.64. The lowest BCUT2D eigenvalue weighted by molar-refractivity contribution is -0.0320. The van der Waals surface area contributed by atoms with E-state index in [2.05, 4.69) is 41.5 Å². The maximum absolute atomic E-state index is 5.90. The summed E-state index contributed by atoms with van der Waals surface area (Å²) in [6, 6.07) is 0.279. The molecule has 0 amide bonds. The Bertz CT molecular complexity index is 585. The van der Waals surface area contributed by atoms with Crippen LogP contribution in [0.25, 0.3) is 0 Å². The van der Waals surface area contributed by atoms with E-state index in [1.165, 1.54) is 11.3 Å². The van der Waals surface area contributed by atoms with E-state index in [9.17, 15) is 0 Å². The molecule has 1 aromatic rings. The molecule has 1 saturated heterocycles. The second-order valence-corrected chi connectivity index (χ2v) is 7.06. The van der Waals surface area contributed by atoms with Gasteiger partial charge >= 0.3 is 0 Å². The molecule has 7 nitrogen and oxygen atoms in total. The Hall–Kier alpha value is -0.870. The van der Waals surface area contributed by atoms with Gasteiger partial charge in [-0.25, -0.2) is 0 Å². The van der Waals surface area contributed by atoms with Gasteiger partial charge in [-0.2, -0.15) is 5.10 Å². The smallest absolute Gasteiger partial charge is 0.191 e. The zero-order valence-electron chi connectivity index (χ0n) is 17.4. The maximum atomic E-state index is 5.90. The van der Waals surface area contributed by atoms with E-state index in [4.69, 9.17) is 9.47 Å². The van der Waals surface area contributed by atoms with Crippen molar-refractivity contribution in [1.29, 1.82) is 0 Å². The SMILES string of the molecule is CN=C(NCCCOC1CCOCC1)NC(C)Cc1c(C)nn(C)c1C.I. The summed E-state index contributed by atoms with van der Waals surface area (Å²) in [6.07, 6.45) is 4.29. The standard InChI is InChI=1S/C19H35N5O2.HI/c1-14(13-18-15(2)23-24(5)16(18)3)22-19(20-4)21-9-6-10-26-17-7-11-25-12-8-17;/h14,17H,6-13H2,1-5H3,(H2,20,21,22);1H. The van der Waals surface area contributed by atoms with Crippen LogP contribution in [0, 0.1) is 13.8 Å². The molecule has 1 atom stereocenters. The summed E-state index contributed by atoms with van der Waals surface area (Å²) in [7, 11) is 3.80. The highest BCUT2D eigenvalue weighted by Crippen LogP contribution is 2.14. The van der Waals surface area contributed by atoms with Crippen LogP contribution >= 0.6 is 24.0 Å². The molecule has 156 valence electrons. The fourth-order valence-electron chi connectivity index (χ4n) is 3.27. The third-order valence-electron chi connectivity index (χ3n) is 4.91. The van der Waals surface area contributed by atoms with Crippen molar-refractivity contribution in [2.45, 2.75) is 58.6 Å². The fourth-order valence-corrected chi connectivity index (χ4v) is 3.27. The lowest BCUT2D eigenvalue weighted by Gasteiger charge is -2.22. The predicted octanol–water partition coefficient (Wildman–Crippen LogP) is 2.34. The van der Waals surface area contributed by atoms with E-state index < -0.39 is 0 Å². The lowest BCUT2D eigenvalue weighted by Crippen LogP contribution is -2.43. The molecule has 2 heterocycles. The predicted molar refractivity (Wildman–Crippen MR) is 120 cm³/mol. The molecule has 1 unspecified atom stereocenters. The van der Waals surface area contributed by atoms with Crippen molar-refractivity contribution in [1.82, 2.24) is 20.4 Å². The van der Waals surface area contributed by atoms with Crippen molar-refractivity contribution < 1.29 is 9.47 Å². The highest BCUT2D eigenvalue weighted by Gasteiger charge is 2.15. The Morgan fingerprint density at radius 1 is 1.37 bits per heavy atom. The minimum atomic E-state index is 0. The van der Waals surface area contributed by atoms with Crippen LogP contribution in [0.15, 0.2) is 4.99 Å². The third-order valence-corrected chi connectivity index (χ3v) is 4.91. The van der Waals surface area contributed by atoms with E-state index in [1.54, 1.807) is 7.05 Å². The first-order chi connectivity index (χ1) is 12.5. The molecule has 0 spiro atoms. The summed E-state index contributed by atoms with van der Waals surface area (Å²) in [5.74, 6) is 0.836. The van der Waals surface area contributed by atoms with Crippen molar-refractivity contribution in [2.24, 2.45) is 12.0 Å². The van der Waals surface area contributed by atoms with Crippen LogP contribution in [0.5, 0.6) is 0 Å². The number of nitrogens with one attached hydrogen (secondary N) is 2. The van der Waals surface area contributed by atoms with Crippen molar-refractivity contribution >= 4 is 29.9 Å². The lowest BCUT2D eigenvalue weighted by atomic mass is 10.1. The van der Waals surface area contributed by atoms with Gasteiger partial charge in [0.1, 0.15) is 0 Å². The molecule has 0 aromatic carbocycles. The quantitative estimate of drug-likeness (QED) is 0.252. The van der Waals surface area contributed by atoms with Crippen LogP contribution < -0.4 is 10.6 Å². The van der Waals surface area contributed by atoms with Crippen LogP contribution in [0.4, 0.5) is 0 Å². The topological polar surface area (TPSA) is 72.7 Å². The minimum absolute atomic E-state index is 0. The first kappa shape index (κ1) is 24.2. The van der Waals surface area contributed by atoms with E-state index in [0.717, 1.165) is 63.7 Å². The number of aliphatic imine (C=N–C) groups is 1. The summed E-state index contributed by atoms with van der Waals surface area (Å²) >= 11 is 0. The molecule has 2 rings (SSSR count). The van der Waals surface area contributed by atoms with E-state index in [1.807, 2.05) is 11.7 Å². The Kier molecular flexibility index (Phi) is 11.2. The van der Waals surface area contributed by atoms with E-state index in [0.29, 0.717) is 6.10 Å². The molecule has 1 aliphatic rings. The molecule has 0 radical (unpaired) electrons. The largest absolute Gasteiger partial charge is 0.381 e. The summed E-state index contributed by atoms with van der Waals surface area (Å²) < 4.78 is 13.2. The molecule has 1 fully saturated rings. The second-order valence-electron chi connectivity index (χ2n) is 7.06. The van der Waals surface area contributed by atoms with E-state index >= 15 is 0 Å². The first-order valence-electron chi connectivity index (χ1n) is 9.66. The van der Waals surface area contributed by atoms with Crippen molar-refractivity contribution in [3.63, 3.8) is 0 Å². The average Bonchev–Trinajstić information content (AvgIpc) is 2.87. The van der Waals surface area contributed by atoms with Crippen LogP contribution in [0.3, 0.4) is 0 Å². The number of halogens is 1. The van der Waals surface area contributed by atoms with Crippen LogP contribution in [-0.4, -0.2) is 61.3 Å². The normalized spacial score (nSPS) is 16.7. The molecular formula is C19H36IN5O2. The van der Waals surface area contributed by atoms with Gasteiger partial charge in [0.25, 0.3) is 0 Å². The first-order valence-corrected chi connectivity index (χ1v) is 9.66. The molecule has 0 bridgehead atoms. The number of guanidine groups is 1. The van der Waals surface area contributed by atoms with Gasteiger partial charge < -0.3 is 20.1 Å². The number of hydrogen-bond donors (Lipinski definition) is 2. The van der Waals surface area contributed by atoms with Gasteiger partial charge in [0.15, 0.2) is 5.96 Å². The number of aromatic nitrogens is 2. The highest BCUT2D eigenvalue weighted by molar-refractivity contribution is 14.0. The fraction of sp³-hybridized carbons (Fsp3) is 0.789. The van der Waals surface area contributed by atoms with Crippen LogP contribution in [0.1, 0.15) is 43.1 Å². The number of rotatable bonds is 8. The molecule has 1 aliphatic heterocycles. The van der Waals surface area contributed by atoms with Gasteiger partial charge in [0, 0.05) is 52.2 Å². The van der Waals surface area contributed by atoms with Gasteiger partial charge in [-0.05, 0) is 52.0 Å². The minimum Gasteiger partial charge on any atom is -0.381 e. The molecule has 8 heteroatoms. The molecule has 2 N–H and O–H groups in total. The number of aryl methyl sites for hydroxylation is 2. The molecule has 0 aliphatic carbocycles. The average molecular weight is 493 g/mol. The maximum Gasteiger partial charge on any atom is 0.191 e. The molecule has 27 heavy (non-hydrogen) atoms. The Balaban J connectivity index is 0.00000364. The van der Waals surface area contributed by atoms with Crippen LogP contribution in [-0.2, 0) is 22.9 Å². The number of ether oxygens (including phenoxy) is 2. The molecule has 0 saturated carbocycles. The van der Waals surface area contributed by atoms with Gasteiger partial charge in [0.2, 0.25) is 0 Å². The van der Waals surface area contributed by atoms with Crippen molar-refractivity contribution in [3.8, 4) is 0 Å². The monoisotopic (exact) mass is 493 g/mol. The summed E-state index contributed by atoms with van der Waals surface area (Å²) in [5, 5.41) is 11.3. The van der Waals surface area contributed by atoms with Crippen molar-refractivity contribution in [3.05, 3.63) is 17.0 Å². The number of nitrogens with zero attached hydrogens (tertiary/aromatic N) is 3. The Morgan fingerprint density at radius 3 is 2.67 bits per heavy atom. The highest BCUT2D eigenvalue weighted by atomic mass is 127. The summed E-state index contributed by atoms with van der Waals surface area (Å²) in [4.78, 5) is 4.32.